The molecule has 6 nitrogen and oxygen atoms in total. The highest BCUT2D eigenvalue weighted by Crippen LogP contribution is 2.39. The predicted octanol–water partition coefficient (Wildman–Crippen LogP) is 3.26. The number of carbonyl (C=O) groups is 2. The van der Waals surface area contributed by atoms with Crippen LogP contribution < -0.4 is 21.3 Å². The van der Waals surface area contributed by atoms with Crippen LogP contribution in [0.2, 0.25) is 5.02 Å². The van der Waals surface area contributed by atoms with Gasteiger partial charge >= 0.3 is 6.03 Å². The summed E-state index contributed by atoms with van der Waals surface area (Å²) in [6.45, 7) is 1.60. The van der Waals surface area contributed by atoms with Crippen molar-refractivity contribution in [1.82, 2.24) is 5.32 Å². The number of benzene rings is 1. The third-order valence-corrected chi connectivity index (χ3v) is 4.86. The summed E-state index contributed by atoms with van der Waals surface area (Å²) in [5.74, 6) is 0. The van der Waals surface area contributed by atoms with Gasteiger partial charge in [-0.15, -0.1) is 11.3 Å². The van der Waals surface area contributed by atoms with Gasteiger partial charge in [0.1, 0.15) is 5.00 Å². The van der Waals surface area contributed by atoms with Gasteiger partial charge in [0.25, 0.3) is 0 Å². The number of anilines is 3. The van der Waals surface area contributed by atoms with E-state index in [1.165, 1.54) is 11.3 Å². The number of thiophene rings is 1. The van der Waals surface area contributed by atoms with Gasteiger partial charge in [-0.25, -0.2) is 4.79 Å². The van der Waals surface area contributed by atoms with E-state index in [4.69, 9.17) is 11.6 Å². The third kappa shape index (κ3) is 3.64. The zero-order chi connectivity index (χ0) is 16.2. The Balaban J connectivity index is 1.76. The minimum Gasteiger partial charge on any atom is -0.326 e. The van der Waals surface area contributed by atoms with E-state index in [1.807, 2.05) is 0 Å². The van der Waals surface area contributed by atoms with E-state index in [2.05, 4.69) is 21.3 Å². The molecule has 3 amide bonds. The largest absolute Gasteiger partial charge is 0.326 e. The number of amides is 3. The summed E-state index contributed by atoms with van der Waals surface area (Å²) < 4.78 is 0. The molecule has 8 heteroatoms. The average molecular weight is 351 g/mol. The van der Waals surface area contributed by atoms with E-state index in [0.29, 0.717) is 27.8 Å². The van der Waals surface area contributed by atoms with Gasteiger partial charge < -0.3 is 16.0 Å². The predicted molar refractivity (Wildman–Crippen MR) is 93.5 cm³/mol. The number of fused-ring (bicyclic) bond motifs is 1. The summed E-state index contributed by atoms with van der Waals surface area (Å²) in [5, 5.41) is 12.8. The van der Waals surface area contributed by atoms with Gasteiger partial charge in [-0.05, 0) is 42.8 Å². The van der Waals surface area contributed by atoms with Crippen LogP contribution in [-0.4, -0.2) is 19.0 Å². The van der Waals surface area contributed by atoms with Crippen LogP contribution >= 0.6 is 22.9 Å². The molecule has 2 heterocycles. The van der Waals surface area contributed by atoms with Crippen LogP contribution in [0.4, 0.5) is 21.2 Å². The van der Waals surface area contributed by atoms with Crippen molar-refractivity contribution in [3.05, 3.63) is 39.7 Å². The molecule has 1 aliphatic heterocycles. The van der Waals surface area contributed by atoms with E-state index in [0.717, 1.165) is 30.0 Å². The van der Waals surface area contributed by atoms with Crippen molar-refractivity contribution in [2.24, 2.45) is 0 Å². The Kier molecular flexibility index (Phi) is 4.80. The van der Waals surface area contributed by atoms with Crippen molar-refractivity contribution < 1.29 is 9.59 Å². The molecule has 4 N–H and O–H groups in total. The van der Waals surface area contributed by atoms with Crippen LogP contribution in [0, 0.1) is 0 Å². The lowest BCUT2D eigenvalue weighted by molar-refractivity contribution is -0.105. The molecule has 0 saturated heterocycles. The number of nitrogens with one attached hydrogen (secondary N) is 4. The van der Waals surface area contributed by atoms with Crippen LogP contribution in [0.5, 0.6) is 0 Å². The molecule has 2 aromatic rings. The molecular formula is C15H15ClN4O2S. The topological polar surface area (TPSA) is 82.3 Å². The molecule has 0 fully saturated rings. The maximum Gasteiger partial charge on any atom is 0.324 e. The Bertz CT molecular complexity index is 730. The lowest BCUT2D eigenvalue weighted by atomic mass is 10.1. The molecule has 1 aliphatic rings. The fourth-order valence-electron chi connectivity index (χ4n) is 2.43. The molecule has 0 saturated carbocycles. The number of rotatable bonds is 4. The molecule has 120 valence electrons. The summed E-state index contributed by atoms with van der Waals surface area (Å²) in [6, 6.07) is 6.47. The quantitative estimate of drug-likeness (QED) is 0.639. The third-order valence-electron chi connectivity index (χ3n) is 3.46. The smallest absolute Gasteiger partial charge is 0.324 e. The lowest BCUT2D eigenvalue weighted by Crippen LogP contribution is -2.22. The Morgan fingerprint density at radius 3 is 2.78 bits per heavy atom. The van der Waals surface area contributed by atoms with Gasteiger partial charge in [-0.1, -0.05) is 11.6 Å². The standard InChI is InChI=1S/C15H15ClN4O2S/c16-9-1-3-10(4-2-9)19-15(22)20-14-13(18-8-21)11-5-6-17-7-12(11)23-14/h1-4,8,17H,5-7H2,(H,18,21)(H2,19,20,22). The fourth-order valence-corrected chi connectivity index (χ4v) is 3.73. The van der Waals surface area contributed by atoms with E-state index < -0.39 is 0 Å². The minimum atomic E-state index is -0.368. The van der Waals surface area contributed by atoms with Crippen molar-refractivity contribution >= 4 is 51.8 Å². The van der Waals surface area contributed by atoms with Gasteiger partial charge in [0.15, 0.2) is 0 Å². The highest BCUT2D eigenvalue weighted by molar-refractivity contribution is 7.17. The van der Waals surface area contributed by atoms with Gasteiger partial charge in [0, 0.05) is 22.1 Å². The van der Waals surface area contributed by atoms with E-state index in [-0.39, 0.29) is 6.03 Å². The lowest BCUT2D eigenvalue weighted by Gasteiger charge is -2.13. The minimum absolute atomic E-state index is 0.368. The molecule has 1 aromatic heterocycles. The maximum atomic E-state index is 12.2. The Labute approximate surface area is 142 Å². The molecule has 1 aromatic carbocycles. The number of halogens is 1. The van der Waals surface area contributed by atoms with Crippen LogP contribution in [0.1, 0.15) is 10.4 Å². The van der Waals surface area contributed by atoms with Crippen molar-refractivity contribution in [2.75, 3.05) is 22.5 Å². The summed E-state index contributed by atoms with van der Waals surface area (Å²) in [5.41, 5.74) is 2.41. The van der Waals surface area contributed by atoms with Crippen molar-refractivity contribution in [1.29, 1.82) is 0 Å². The second-order valence-corrected chi connectivity index (χ2v) is 6.52. The number of urea groups is 1. The zero-order valence-electron chi connectivity index (χ0n) is 12.1. The van der Waals surface area contributed by atoms with Crippen LogP contribution in [0.25, 0.3) is 0 Å². The second-order valence-electron chi connectivity index (χ2n) is 4.98. The number of hydrogen-bond donors (Lipinski definition) is 4. The molecule has 0 unspecified atom stereocenters. The van der Waals surface area contributed by atoms with Crippen molar-refractivity contribution in [2.45, 2.75) is 13.0 Å². The Morgan fingerprint density at radius 2 is 2.04 bits per heavy atom. The average Bonchev–Trinajstić information content (AvgIpc) is 2.88. The van der Waals surface area contributed by atoms with Crippen LogP contribution in [0.15, 0.2) is 24.3 Å². The van der Waals surface area contributed by atoms with E-state index in [9.17, 15) is 9.59 Å². The summed E-state index contributed by atoms with van der Waals surface area (Å²) in [7, 11) is 0. The highest BCUT2D eigenvalue weighted by Gasteiger charge is 2.21. The zero-order valence-corrected chi connectivity index (χ0v) is 13.7. The molecular weight excluding hydrogens is 336 g/mol. The first kappa shape index (κ1) is 15.8. The summed E-state index contributed by atoms with van der Waals surface area (Å²) in [6.07, 6.45) is 1.45. The van der Waals surface area contributed by atoms with E-state index >= 15 is 0 Å². The van der Waals surface area contributed by atoms with E-state index in [1.54, 1.807) is 24.3 Å². The first-order valence-corrected chi connectivity index (χ1v) is 8.26. The van der Waals surface area contributed by atoms with Crippen LogP contribution in [-0.2, 0) is 17.8 Å². The molecule has 0 spiro atoms. The fraction of sp³-hybridized carbons (Fsp3) is 0.200. The summed E-state index contributed by atoms with van der Waals surface area (Å²) >= 11 is 7.28. The summed E-state index contributed by atoms with van der Waals surface area (Å²) in [4.78, 5) is 24.1. The first-order valence-electron chi connectivity index (χ1n) is 7.06. The highest BCUT2D eigenvalue weighted by atomic mass is 35.5. The SMILES string of the molecule is O=CNc1c(NC(=O)Nc2ccc(Cl)cc2)sc2c1CCNC2. The number of carbonyl (C=O) groups excluding carboxylic acids is 2. The van der Waals surface area contributed by atoms with Gasteiger partial charge in [-0.2, -0.15) is 0 Å². The molecule has 0 bridgehead atoms. The normalized spacial score (nSPS) is 13.1. The van der Waals surface area contributed by atoms with Gasteiger partial charge in [0.2, 0.25) is 6.41 Å². The molecule has 23 heavy (non-hydrogen) atoms. The van der Waals surface area contributed by atoms with Gasteiger partial charge in [0.05, 0.1) is 5.69 Å². The van der Waals surface area contributed by atoms with Crippen molar-refractivity contribution in [3.8, 4) is 0 Å². The second kappa shape index (κ2) is 6.99. The molecule has 3 rings (SSSR count). The Morgan fingerprint density at radius 1 is 1.26 bits per heavy atom. The maximum absolute atomic E-state index is 12.2. The monoisotopic (exact) mass is 350 g/mol. The van der Waals surface area contributed by atoms with Gasteiger partial charge in [-0.3, -0.25) is 10.1 Å². The number of hydrogen-bond acceptors (Lipinski definition) is 4. The first-order chi connectivity index (χ1) is 11.2. The van der Waals surface area contributed by atoms with Crippen LogP contribution in [0.3, 0.4) is 0 Å². The molecule has 0 aliphatic carbocycles. The Hall–Kier alpha value is -2.09. The van der Waals surface area contributed by atoms with Crippen molar-refractivity contribution in [3.63, 3.8) is 0 Å². The molecule has 0 atom stereocenters. The molecule has 0 radical (unpaired) electrons.